The second-order valence-electron chi connectivity index (χ2n) is 4.90. The average Bonchev–Trinajstić information content (AvgIpc) is 2.39. The van der Waals surface area contributed by atoms with Crippen LogP contribution in [0.25, 0.3) is 0 Å². The number of hydrogen-bond acceptors (Lipinski definition) is 3. The Bertz CT molecular complexity index is 375. The number of amides is 1. The Labute approximate surface area is 116 Å². The molecular weight excluding hydrogens is 238 g/mol. The first kappa shape index (κ1) is 15.7. The predicted octanol–water partition coefficient (Wildman–Crippen LogP) is 1.49. The van der Waals surface area contributed by atoms with Gasteiger partial charge in [0.15, 0.2) is 0 Å². The quantitative estimate of drug-likeness (QED) is 0.699. The summed E-state index contributed by atoms with van der Waals surface area (Å²) in [6.45, 7) is 4.65. The lowest BCUT2D eigenvalue weighted by molar-refractivity contribution is -0.122. The number of rotatable bonds is 8. The van der Waals surface area contributed by atoms with Gasteiger partial charge in [-0.15, -0.1) is 0 Å². The van der Waals surface area contributed by atoms with Crippen molar-refractivity contribution >= 4 is 5.91 Å². The van der Waals surface area contributed by atoms with Crippen molar-refractivity contribution in [3.63, 3.8) is 0 Å². The Morgan fingerprint density at radius 1 is 1.26 bits per heavy atom. The number of nitrogens with one attached hydrogen (secondary N) is 1. The first-order valence-corrected chi connectivity index (χ1v) is 6.88. The maximum atomic E-state index is 11.6. The van der Waals surface area contributed by atoms with Crippen LogP contribution in [0.3, 0.4) is 0 Å². The number of unbranched alkanes of at least 4 members (excludes halogenated alkanes) is 1. The molecule has 0 saturated heterocycles. The molecule has 1 aromatic carbocycles. The first-order valence-electron chi connectivity index (χ1n) is 6.88. The van der Waals surface area contributed by atoms with Gasteiger partial charge in [0.05, 0.1) is 6.54 Å². The second-order valence-corrected chi connectivity index (χ2v) is 4.90. The van der Waals surface area contributed by atoms with Crippen LogP contribution in [0.1, 0.15) is 30.9 Å². The lowest BCUT2D eigenvalue weighted by Crippen LogP contribution is -2.35. The lowest BCUT2D eigenvalue weighted by atomic mass is 10.1. The third kappa shape index (κ3) is 6.36. The molecule has 0 aliphatic heterocycles. The Hall–Kier alpha value is -1.39. The van der Waals surface area contributed by atoms with E-state index in [0.29, 0.717) is 13.1 Å². The van der Waals surface area contributed by atoms with Gasteiger partial charge in [0.25, 0.3) is 0 Å². The van der Waals surface area contributed by atoms with Crippen molar-refractivity contribution in [2.45, 2.75) is 32.9 Å². The maximum absolute atomic E-state index is 11.6. The number of hydrogen-bond donors (Lipinski definition) is 2. The molecule has 19 heavy (non-hydrogen) atoms. The summed E-state index contributed by atoms with van der Waals surface area (Å²) in [5.74, 6) is 0.0922. The Morgan fingerprint density at radius 3 is 2.47 bits per heavy atom. The number of carbonyl (C=O) groups is 1. The summed E-state index contributed by atoms with van der Waals surface area (Å²) < 4.78 is 0. The van der Waals surface area contributed by atoms with Crippen molar-refractivity contribution in [3.8, 4) is 0 Å². The van der Waals surface area contributed by atoms with Crippen LogP contribution in [0, 0.1) is 0 Å². The summed E-state index contributed by atoms with van der Waals surface area (Å²) in [6.07, 6.45) is 2.14. The maximum Gasteiger partial charge on any atom is 0.234 e. The zero-order valence-corrected chi connectivity index (χ0v) is 12.0. The fourth-order valence-corrected chi connectivity index (χ4v) is 1.85. The number of carbonyl (C=O) groups excluding carboxylic acids is 1. The molecule has 0 spiro atoms. The minimum Gasteiger partial charge on any atom is -0.355 e. The molecule has 0 aliphatic carbocycles. The van der Waals surface area contributed by atoms with Gasteiger partial charge in [0, 0.05) is 19.6 Å². The van der Waals surface area contributed by atoms with Gasteiger partial charge in [0.2, 0.25) is 5.91 Å². The fraction of sp³-hybridized carbons (Fsp3) is 0.533. The topological polar surface area (TPSA) is 58.4 Å². The van der Waals surface area contributed by atoms with E-state index in [-0.39, 0.29) is 5.91 Å². The standard InChI is InChI=1S/C15H25N3O/c1-3-4-9-17-15(19)12-18(2)11-14-7-5-13(10-16)6-8-14/h5-8H,3-4,9-12,16H2,1-2H3,(H,17,19). The zero-order valence-electron chi connectivity index (χ0n) is 12.0. The highest BCUT2D eigenvalue weighted by molar-refractivity contribution is 5.77. The Kier molecular flexibility index (Phi) is 7.15. The molecule has 1 rings (SSSR count). The monoisotopic (exact) mass is 263 g/mol. The molecule has 0 fully saturated rings. The Morgan fingerprint density at radius 2 is 1.89 bits per heavy atom. The van der Waals surface area contributed by atoms with E-state index in [0.717, 1.165) is 31.5 Å². The van der Waals surface area contributed by atoms with Crippen LogP contribution in [0.5, 0.6) is 0 Å². The van der Waals surface area contributed by atoms with Crippen molar-refractivity contribution in [2.24, 2.45) is 5.73 Å². The smallest absolute Gasteiger partial charge is 0.234 e. The van der Waals surface area contributed by atoms with Crippen molar-refractivity contribution < 1.29 is 4.79 Å². The van der Waals surface area contributed by atoms with E-state index in [1.165, 1.54) is 5.56 Å². The van der Waals surface area contributed by atoms with Crippen LogP contribution in [-0.2, 0) is 17.9 Å². The van der Waals surface area contributed by atoms with Crippen molar-refractivity contribution in [1.82, 2.24) is 10.2 Å². The van der Waals surface area contributed by atoms with Gasteiger partial charge in [-0.1, -0.05) is 37.6 Å². The largest absolute Gasteiger partial charge is 0.355 e. The van der Waals surface area contributed by atoms with Gasteiger partial charge in [-0.25, -0.2) is 0 Å². The minimum atomic E-state index is 0.0922. The number of nitrogens with two attached hydrogens (primary N) is 1. The second kappa shape index (κ2) is 8.67. The van der Waals surface area contributed by atoms with Gasteiger partial charge >= 0.3 is 0 Å². The lowest BCUT2D eigenvalue weighted by Gasteiger charge is -2.16. The molecule has 3 N–H and O–H groups in total. The van der Waals surface area contributed by atoms with Crippen LogP contribution in [0.15, 0.2) is 24.3 Å². The summed E-state index contributed by atoms with van der Waals surface area (Å²) in [7, 11) is 1.95. The van der Waals surface area contributed by atoms with E-state index in [4.69, 9.17) is 5.73 Å². The SMILES string of the molecule is CCCCNC(=O)CN(C)Cc1ccc(CN)cc1. The molecule has 1 amide bonds. The van der Waals surface area contributed by atoms with Gasteiger partial charge < -0.3 is 11.1 Å². The molecule has 0 aromatic heterocycles. The summed E-state index contributed by atoms with van der Waals surface area (Å²) in [6, 6.07) is 8.19. The molecule has 0 unspecified atom stereocenters. The fourth-order valence-electron chi connectivity index (χ4n) is 1.85. The highest BCUT2D eigenvalue weighted by Crippen LogP contribution is 2.06. The van der Waals surface area contributed by atoms with Gasteiger partial charge in [-0.05, 0) is 24.6 Å². The van der Waals surface area contributed by atoms with Crippen molar-refractivity contribution in [3.05, 3.63) is 35.4 Å². The highest BCUT2D eigenvalue weighted by Gasteiger charge is 2.06. The zero-order chi connectivity index (χ0) is 14.1. The molecule has 0 saturated carbocycles. The average molecular weight is 263 g/mol. The molecular formula is C15H25N3O. The molecule has 0 bridgehead atoms. The molecule has 0 atom stereocenters. The third-order valence-electron chi connectivity index (χ3n) is 2.98. The highest BCUT2D eigenvalue weighted by atomic mass is 16.2. The first-order chi connectivity index (χ1) is 9.15. The minimum absolute atomic E-state index is 0.0922. The summed E-state index contributed by atoms with van der Waals surface area (Å²) in [5.41, 5.74) is 7.89. The molecule has 1 aromatic rings. The van der Waals surface area contributed by atoms with Crippen LogP contribution >= 0.6 is 0 Å². The van der Waals surface area contributed by atoms with E-state index in [9.17, 15) is 4.79 Å². The van der Waals surface area contributed by atoms with Crippen molar-refractivity contribution in [2.75, 3.05) is 20.1 Å². The van der Waals surface area contributed by atoms with Crippen LogP contribution < -0.4 is 11.1 Å². The van der Waals surface area contributed by atoms with E-state index < -0.39 is 0 Å². The van der Waals surface area contributed by atoms with Crippen molar-refractivity contribution in [1.29, 1.82) is 0 Å². The van der Waals surface area contributed by atoms with Crippen LogP contribution in [0.2, 0.25) is 0 Å². The number of likely N-dealkylation sites (N-methyl/N-ethyl adjacent to an activating group) is 1. The predicted molar refractivity (Wildman–Crippen MR) is 78.6 cm³/mol. The molecule has 4 nitrogen and oxygen atoms in total. The molecule has 0 radical (unpaired) electrons. The van der Waals surface area contributed by atoms with E-state index in [2.05, 4.69) is 24.4 Å². The van der Waals surface area contributed by atoms with E-state index in [1.807, 2.05) is 24.1 Å². The van der Waals surface area contributed by atoms with Crippen LogP contribution in [-0.4, -0.2) is 30.9 Å². The van der Waals surface area contributed by atoms with Gasteiger partial charge in [-0.2, -0.15) is 0 Å². The van der Waals surface area contributed by atoms with Gasteiger partial charge in [-0.3, -0.25) is 9.69 Å². The van der Waals surface area contributed by atoms with E-state index in [1.54, 1.807) is 0 Å². The summed E-state index contributed by atoms with van der Waals surface area (Å²) >= 11 is 0. The molecule has 0 heterocycles. The Balaban J connectivity index is 2.33. The van der Waals surface area contributed by atoms with Gasteiger partial charge in [0.1, 0.15) is 0 Å². The number of nitrogens with zero attached hydrogens (tertiary/aromatic N) is 1. The number of benzene rings is 1. The summed E-state index contributed by atoms with van der Waals surface area (Å²) in [4.78, 5) is 13.7. The van der Waals surface area contributed by atoms with Crippen LogP contribution in [0.4, 0.5) is 0 Å². The molecule has 4 heteroatoms. The third-order valence-corrected chi connectivity index (χ3v) is 2.98. The molecule has 0 aliphatic rings. The summed E-state index contributed by atoms with van der Waals surface area (Å²) in [5, 5.41) is 2.92. The molecule has 106 valence electrons. The van der Waals surface area contributed by atoms with E-state index >= 15 is 0 Å². The normalized spacial score (nSPS) is 10.7.